The Labute approximate surface area is 192 Å². The van der Waals surface area contributed by atoms with E-state index < -0.39 is 10.0 Å². The van der Waals surface area contributed by atoms with Crippen LogP contribution in [0.1, 0.15) is 11.3 Å². The van der Waals surface area contributed by atoms with Gasteiger partial charge in [0.25, 0.3) is 0 Å². The molecule has 1 N–H and O–H groups in total. The van der Waals surface area contributed by atoms with E-state index in [1.807, 2.05) is 0 Å². The van der Waals surface area contributed by atoms with E-state index in [0.29, 0.717) is 31.9 Å². The fraction of sp³-hybridized carbons (Fsp3) is 0.208. The van der Waals surface area contributed by atoms with Gasteiger partial charge in [-0.05, 0) is 60.2 Å². The predicted molar refractivity (Wildman–Crippen MR) is 123 cm³/mol. The molecule has 0 unspecified atom stereocenters. The van der Waals surface area contributed by atoms with Gasteiger partial charge < -0.3 is 14.2 Å². The molecule has 1 amide bonds. The molecule has 4 rings (SSSR count). The minimum Gasteiger partial charge on any atom is -0.468 e. The first kappa shape index (κ1) is 22.8. The van der Waals surface area contributed by atoms with E-state index >= 15 is 0 Å². The normalized spacial score (nSPS) is 14.7. The molecular formula is C24H24FN3O4S. The monoisotopic (exact) mass is 469 g/mol. The topological polar surface area (TPSA) is 82.9 Å². The number of halogens is 1. The molecule has 9 heteroatoms. The molecule has 3 aromatic rings. The molecule has 1 aromatic heterocycles. The van der Waals surface area contributed by atoms with Gasteiger partial charge >= 0.3 is 0 Å². The fourth-order valence-corrected chi connectivity index (χ4v) is 4.52. The second kappa shape index (κ2) is 10.0. The fourth-order valence-electron chi connectivity index (χ4n) is 3.53. The lowest BCUT2D eigenvalue weighted by atomic mass is 10.2. The summed E-state index contributed by atoms with van der Waals surface area (Å²) < 4.78 is 45.5. The van der Waals surface area contributed by atoms with E-state index in [9.17, 15) is 17.6 Å². The molecule has 1 aliphatic heterocycles. The van der Waals surface area contributed by atoms with Crippen LogP contribution in [-0.2, 0) is 21.4 Å². The van der Waals surface area contributed by atoms with Crippen LogP contribution in [0.25, 0.3) is 6.08 Å². The minimum atomic E-state index is -3.67. The van der Waals surface area contributed by atoms with Gasteiger partial charge in [0.1, 0.15) is 11.6 Å². The smallest absolute Gasteiger partial charge is 0.246 e. The number of benzene rings is 2. The molecule has 172 valence electrons. The van der Waals surface area contributed by atoms with Gasteiger partial charge in [-0.25, -0.2) is 17.5 Å². The van der Waals surface area contributed by atoms with Gasteiger partial charge in [0.15, 0.2) is 0 Å². The summed E-state index contributed by atoms with van der Waals surface area (Å²) >= 11 is 0. The average molecular weight is 470 g/mol. The van der Waals surface area contributed by atoms with Crippen molar-refractivity contribution >= 4 is 27.7 Å². The summed E-state index contributed by atoms with van der Waals surface area (Å²) in [6.07, 6.45) is 4.64. The van der Waals surface area contributed by atoms with Crippen molar-refractivity contribution in [1.82, 2.24) is 9.62 Å². The lowest BCUT2D eigenvalue weighted by Crippen LogP contribution is -2.48. The molecule has 1 fully saturated rings. The zero-order chi connectivity index (χ0) is 23.3. The number of carbonyl (C=O) groups is 1. The molecule has 1 saturated heterocycles. The maximum absolute atomic E-state index is 13.1. The van der Waals surface area contributed by atoms with Crippen molar-refractivity contribution in [3.63, 3.8) is 0 Å². The van der Waals surface area contributed by atoms with E-state index in [-0.39, 0.29) is 23.2 Å². The highest BCUT2D eigenvalue weighted by Crippen LogP contribution is 2.17. The average Bonchev–Trinajstić information content (AvgIpc) is 3.36. The van der Waals surface area contributed by atoms with Crippen LogP contribution in [0.4, 0.5) is 10.1 Å². The van der Waals surface area contributed by atoms with Crippen LogP contribution in [0.5, 0.6) is 0 Å². The highest BCUT2D eigenvalue weighted by molar-refractivity contribution is 7.89. The van der Waals surface area contributed by atoms with Gasteiger partial charge in [0.05, 0.1) is 17.7 Å². The second-order valence-electron chi connectivity index (χ2n) is 7.60. The second-order valence-corrected chi connectivity index (χ2v) is 9.36. The number of anilines is 1. The van der Waals surface area contributed by atoms with Crippen LogP contribution < -0.4 is 9.62 Å². The summed E-state index contributed by atoms with van der Waals surface area (Å²) in [5, 5.41) is 0. The molecule has 1 aliphatic rings. The summed E-state index contributed by atoms with van der Waals surface area (Å²) in [5.74, 6) is 0.147. The molecule has 33 heavy (non-hydrogen) atoms. The Morgan fingerprint density at radius 2 is 1.70 bits per heavy atom. The predicted octanol–water partition coefficient (Wildman–Crippen LogP) is 3.26. The van der Waals surface area contributed by atoms with Gasteiger partial charge in [-0.1, -0.05) is 12.1 Å². The molecule has 0 spiro atoms. The van der Waals surface area contributed by atoms with Crippen molar-refractivity contribution < 1.29 is 22.0 Å². The Morgan fingerprint density at radius 3 is 2.33 bits per heavy atom. The Kier molecular flexibility index (Phi) is 6.90. The van der Waals surface area contributed by atoms with Gasteiger partial charge in [-0.3, -0.25) is 4.79 Å². The van der Waals surface area contributed by atoms with Crippen molar-refractivity contribution in [3.05, 3.63) is 90.1 Å². The first-order chi connectivity index (χ1) is 15.9. The summed E-state index contributed by atoms with van der Waals surface area (Å²) in [6, 6.07) is 16.0. The third-order valence-corrected chi connectivity index (χ3v) is 6.83. The summed E-state index contributed by atoms with van der Waals surface area (Å²) in [6.45, 7) is 2.55. The standard InChI is InChI=1S/C24H24FN3O4S/c25-20-6-8-21(9-7-20)27-13-15-28(16-14-27)24(29)12-5-19-3-10-23(11-4-19)33(30,31)26-18-22-2-1-17-32-22/h1-12,17,26H,13-16,18H2/b12-5+. The molecule has 2 heterocycles. The maximum Gasteiger partial charge on any atom is 0.246 e. The highest BCUT2D eigenvalue weighted by Gasteiger charge is 2.20. The van der Waals surface area contributed by atoms with Gasteiger partial charge in [0, 0.05) is 37.9 Å². The first-order valence-electron chi connectivity index (χ1n) is 10.5. The van der Waals surface area contributed by atoms with Crippen molar-refractivity contribution in [1.29, 1.82) is 0 Å². The number of amides is 1. The molecule has 0 aliphatic carbocycles. The number of furan rings is 1. The largest absolute Gasteiger partial charge is 0.468 e. The Morgan fingerprint density at radius 1 is 1.00 bits per heavy atom. The van der Waals surface area contributed by atoms with Crippen LogP contribution in [0.3, 0.4) is 0 Å². The van der Waals surface area contributed by atoms with E-state index in [1.54, 1.807) is 47.4 Å². The van der Waals surface area contributed by atoms with E-state index in [4.69, 9.17) is 4.42 Å². The van der Waals surface area contributed by atoms with Crippen LogP contribution >= 0.6 is 0 Å². The number of carbonyl (C=O) groups excluding carboxylic acids is 1. The van der Waals surface area contributed by atoms with E-state index in [1.165, 1.54) is 36.6 Å². The quantitative estimate of drug-likeness (QED) is 0.537. The minimum absolute atomic E-state index is 0.0694. The van der Waals surface area contributed by atoms with Crippen molar-refractivity contribution in [3.8, 4) is 0 Å². The number of piperazine rings is 1. The molecular weight excluding hydrogens is 445 g/mol. The van der Waals surface area contributed by atoms with Gasteiger partial charge in [-0.15, -0.1) is 0 Å². The molecule has 0 radical (unpaired) electrons. The van der Waals surface area contributed by atoms with E-state index in [2.05, 4.69) is 9.62 Å². The van der Waals surface area contributed by atoms with Crippen LogP contribution in [-0.4, -0.2) is 45.4 Å². The molecule has 2 aromatic carbocycles. The molecule has 7 nitrogen and oxygen atoms in total. The molecule has 0 saturated carbocycles. The zero-order valence-corrected chi connectivity index (χ0v) is 18.7. The molecule has 0 bridgehead atoms. The SMILES string of the molecule is O=C(/C=C/c1ccc(S(=O)(=O)NCc2ccco2)cc1)N1CCN(c2ccc(F)cc2)CC1. The maximum atomic E-state index is 13.1. The summed E-state index contributed by atoms with van der Waals surface area (Å²) in [5.41, 5.74) is 1.66. The van der Waals surface area contributed by atoms with Crippen molar-refractivity contribution in [2.24, 2.45) is 0 Å². The van der Waals surface area contributed by atoms with Crippen LogP contribution in [0, 0.1) is 5.82 Å². The van der Waals surface area contributed by atoms with Crippen molar-refractivity contribution in [2.45, 2.75) is 11.4 Å². The van der Waals surface area contributed by atoms with E-state index in [0.717, 1.165) is 11.3 Å². The molecule has 0 atom stereocenters. The number of rotatable bonds is 7. The number of nitrogens with one attached hydrogen (secondary N) is 1. The number of hydrogen-bond acceptors (Lipinski definition) is 5. The van der Waals surface area contributed by atoms with Gasteiger partial charge in [0.2, 0.25) is 15.9 Å². The Balaban J connectivity index is 1.29. The lowest BCUT2D eigenvalue weighted by Gasteiger charge is -2.35. The third kappa shape index (κ3) is 5.88. The first-order valence-corrected chi connectivity index (χ1v) is 12.0. The van der Waals surface area contributed by atoms with Crippen LogP contribution in [0.15, 0.2) is 82.3 Å². The van der Waals surface area contributed by atoms with Crippen LogP contribution in [0.2, 0.25) is 0 Å². The lowest BCUT2D eigenvalue weighted by molar-refractivity contribution is -0.126. The Hall–Kier alpha value is -3.43. The van der Waals surface area contributed by atoms with Crippen molar-refractivity contribution in [2.75, 3.05) is 31.1 Å². The summed E-state index contributed by atoms with van der Waals surface area (Å²) in [7, 11) is -3.67. The highest BCUT2D eigenvalue weighted by atomic mass is 32.2. The van der Waals surface area contributed by atoms with Gasteiger partial charge in [-0.2, -0.15) is 0 Å². The third-order valence-electron chi connectivity index (χ3n) is 5.41. The Bertz CT molecular complexity index is 1200. The summed E-state index contributed by atoms with van der Waals surface area (Å²) in [4.78, 5) is 16.5. The number of sulfonamides is 1. The number of hydrogen-bond donors (Lipinski definition) is 1. The zero-order valence-electron chi connectivity index (χ0n) is 17.9. The number of nitrogens with zero attached hydrogens (tertiary/aromatic N) is 2.